The Hall–Kier alpha value is -3.88. The normalized spacial score (nSPS) is 13.4. The number of imidazole rings is 1. The number of benzene rings is 2. The minimum absolute atomic E-state index is 0.0478. The van der Waals surface area contributed by atoms with Crippen molar-refractivity contribution in [1.29, 1.82) is 0 Å². The number of nitrogens with zero attached hydrogens (tertiary/aromatic N) is 3. The fraction of sp³-hybridized carbons (Fsp3) is 0.261. The molecule has 0 spiro atoms. The zero-order valence-electron chi connectivity index (χ0n) is 18.0. The molecule has 4 rings (SSSR count). The highest BCUT2D eigenvalue weighted by molar-refractivity contribution is 6.06. The molecule has 2 amide bonds. The minimum Gasteiger partial charge on any atom is -0.493 e. The van der Waals surface area contributed by atoms with E-state index in [1.807, 2.05) is 30.3 Å². The van der Waals surface area contributed by atoms with Gasteiger partial charge in [-0.05, 0) is 12.1 Å². The van der Waals surface area contributed by atoms with Crippen LogP contribution in [0, 0.1) is 0 Å². The monoisotopic (exact) mass is 438 g/mol. The van der Waals surface area contributed by atoms with Crippen LogP contribution in [0.1, 0.15) is 20.8 Å². The average Bonchev–Trinajstić information content (AvgIpc) is 3.17. The van der Waals surface area contributed by atoms with Gasteiger partial charge in [-0.1, -0.05) is 30.3 Å². The number of ether oxygens (including phenoxy) is 2. The molecule has 1 saturated heterocycles. The number of hydrogen-bond donors (Lipinski definition) is 1. The molecule has 1 aromatic heterocycles. The van der Waals surface area contributed by atoms with Crippen LogP contribution in [0.3, 0.4) is 0 Å². The van der Waals surface area contributed by atoms with Gasteiger partial charge in [0.1, 0.15) is 17.7 Å². The number of carbonyl (C=O) groups is 2. The lowest BCUT2D eigenvalue weighted by atomic mass is 10.1. The molecule has 0 saturated carbocycles. The molecular formula is C23H23FN4O4. The fourth-order valence-electron chi connectivity index (χ4n) is 3.62. The third kappa shape index (κ3) is 3.89. The summed E-state index contributed by atoms with van der Waals surface area (Å²) in [6, 6.07) is 12.5. The molecule has 8 nitrogen and oxygen atoms in total. The Morgan fingerprint density at radius 1 is 1.12 bits per heavy atom. The molecule has 2 heterocycles. The van der Waals surface area contributed by atoms with Gasteiger partial charge in [0, 0.05) is 18.2 Å². The average molecular weight is 438 g/mol. The quantitative estimate of drug-likeness (QED) is 0.639. The van der Waals surface area contributed by atoms with Crippen LogP contribution in [0.4, 0.5) is 10.1 Å². The number of amides is 2. The van der Waals surface area contributed by atoms with Crippen molar-refractivity contribution in [1.82, 2.24) is 14.5 Å². The zero-order chi connectivity index (χ0) is 22.8. The van der Waals surface area contributed by atoms with Crippen molar-refractivity contribution in [2.24, 2.45) is 7.05 Å². The lowest BCUT2D eigenvalue weighted by Crippen LogP contribution is -2.51. The molecule has 1 aliphatic heterocycles. The second-order valence-corrected chi connectivity index (χ2v) is 7.41. The van der Waals surface area contributed by atoms with Crippen molar-refractivity contribution in [2.45, 2.75) is 6.17 Å². The molecule has 0 radical (unpaired) electrons. The maximum absolute atomic E-state index is 13.2. The molecule has 0 bridgehead atoms. The zero-order valence-corrected chi connectivity index (χ0v) is 18.0. The van der Waals surface area contributed by atoms with E-state index >= 15 is 0 Å². The van der Waals surface area contributed by atoms with E-state index in [2.05, 4.69) is 10.3 Å². The lowest BCUT2D eigenvalue weighted by molar-refractivity contribution is 0.0400. The number of methoxy groups -OCH3 is 2. The van der Waals surface area contributed by atoms with Crippen LogP contribution < -0.4 is 14.8 Å². The smallest absolute Gasteiger partial charge is 0.274 e. The third-order valence-electron chi connectivity index (χ3n) is 5.35. The Kier molecular flexibility index (Phi) is 5.81. The van der Waals surface area contributed by atoms with Gasteiger partial charge in [0.05, 0.1) is 39.2 Å². The van der Waals surface area contributed by atoms with Crippen LogP contribution in [-0.2, 0) is 7.05 Å². The summed E-state index contributed by atoms with van der Waals surface area (Å²) in [6.45, 7) is 0.0955. The SMILES string of the molecule is COc1cc(C(=O)N2CC(F)C2)cc(NC(=O)c2cnc(-c3ccccc3)n2C)c1OC. The van der Waals surface area contributed by atoms with Crippen LogP contribution in [0.15, 0.2) is 48.7 Å². The number of alkyl halides is 1. The topological polar surface area (TPSA) is 85.7 Å². The maximum atomic E-state index is 13.2. The first kappa shape index (κ1) is 21.4. The van der Waals surface area contributed by atoms with Crippen molar-refractivity contribution in [3.05, 3.63) is 59.9 Å². The molecule has 2 aromatic carbocycles. The molecule has 1 N–H and O–H groups in total. The Balaban J connectivity index is 1.64. The van der Waals surface area contributed by atoms with E-state index in [0.717, 1.165) is 5.56 Å². The van der Waals surface area contributed by atoms with E-state index in [1.165, 1.54) is 37.4 Å². The van der Waals surface area contributed by atoms with Gasteiger partial charge < -0.3 is 24.3 Å². The van der Waals surface area contributed by atoms with E-state index in [9.17, 15) is 14.0 Å². The highest BCUT2D eigenvalue weighted by atomic mass is 19.1. The predicted octanol–water partition coefficient (Wildman–Crippen LogP) is 3.15. The first-order valence-corrected chi connectivity index (χ1v) is 10.0. The summed E-state index contributed by atoms with van der Waals surface area (Å²) in [4.78, 5) is 31.5. The minimum atomic E-state index is -1.01. The number of hydrogen-bond acceptors (Lipinski definition) is 5. The van der Waals surface area contributed by atoms with Gasteiger partial charge in [0.15, 0.2) is 11.5 Å². The summed E-state index contributed by atoms with van der Waals surface area (Å²) < 4.78 is 25.7. The summed E-state index contributed by atoms with van der Waals surface area (Å²) >= 11 is 0. The van der Waals surface area contributed by atoms with Crippen LogP contribution in [0.2, 0.25) is 0 Å². The summed E-state index contributed by atoms with van der Waals surface area (Å²) in [5.41, 5.74) is 1.73. The maximum Gasteiger partial charge on any atom is 0.274 e. The second kappa shape index (κ2) is 8.70. The van der Waals surface area contributed by atoms with Crippen molar-refractivity contribution < 1.29 is 23.5 Å². The van der Waals surface area contributed by atoms with Gasteiger partial charge in [0.25, 0.3) is 11.8 Å². The van der Waals surface area contributed by atoms with Crippen molar-refractivity contribution in [2.75, 3.05) is 32.6 Å². The molecule has 32 heavy (non-hydrogen) atoms. The Morgan fingerprint density at radius 2 is 1.84 bits per heavy atom. The molecule has 9 heteroatoms. The van der Waals surface area contributed by atoms with E-state index in [0.29, 0.717) is 11.5 Å². The number of rotatable bonds is 6. The number of aromatic nitrogens is 2. The van der Waals surface area contributed by atoms with E-state index < -0.39 is 12.1 Å². The van der Waals surface area contributed by atoms with Gasteiger partial charge in [-0.3, -0.25) is 9.59 Å². The number of nitrogens with one attached hydrogen (secondary N) is 1. The van der Waals surface area contributed by atoms with Crippen molar-refractivity contribution in [3.8, 4) is 22.9 Å². The Morgan fingerprint density at radius 3 is 2.47 bits per heavy atom. The molecule has 166 valence electrons. The Labute approximate surface area is 184 Å². The fourth-order valence-corrected chi connectivity index (χ4v) is 3.62. The first-order chi connectivity index (χ1) is 15.4. The predicted molar refractivity (Wildman–Crippen MR) is 117 cm³/mol. The molecule has 1 aliphatic rings. The van der Waals surface area contributed by atoms with Gasteiger partial charge in [-0.15, -0.1) is 0 Å². The van der Waals surface area contributed by atoms with Crippen LogP contribution >= 0.6 is 0 Å². The van der Waals surface area contributed by atoms with Gasteiger partial charge in [0.2, 0.25) is 0 Å². The molecular weight excluding hydrogens is 415 g/mol. The largest absolute Gasteiger partial charge is 0.493 e. The van der Waals surface area contributed by atoms with Gasteiger partial charge >= 0.3 is 0 Å². The second-order valence-electron chi connectivity index (χ2n) is 7.41. The van der Waals surface area contributed by atoms with Crippen LogP contribution in [0.25, 0.3) is 11.4 Å². The molecule has 0 atom stereocenters. The number of halogens is 1. The molecule has 0 aliphatic carbocycles. The van der Waals surface area contributed by atoms with Crippen molar-refractivity contribution >= 4 is 17.5 Å². The van der Waals surface area contributed by atoms with Crippen LogP contribution in [0.5, 0.6) is 11.5 Å². The third-order valence-corrected chi connectivity index (χ3v) is 5.35. The van der Waals surface area contributed by atoms with Crippen molar-refractivity contribution in [3.63, 3.8) is 0 Å². The number of anilines is 1. The standard InChI is InChI=1S/C23H23FN4O4/c1-27-18(11-25-21(27)14-7-5-4-6-8-14)22(29)26-17-9-15(10-19(31-2)20(17)32-3)23(30)28-12-16(24)13-28/h4-11,16H,12-13H2,1-3H3,(H,26,29). The highest BCUT2D eigenvalue weighted by Gasteiger charge is 2.32. The van der Waals surface area contributed by atoms with E-state index in [1.54, 1.807) is 11.6 Å². The molecule has 1 fully saturated rings. The lowest BCUT2D eigenvalue weighted by Gasteiger charge is -2.34. The Bertz CT molecular complexity index is 1160. The summed E-state index contributed by atoms with van der Waals surface area (Å²) in [7, 11) is 4.63. The number of carbonyl (C=O) groups excluding carboxylic acids is 2. The van der Waals surface area contributed by atoms with E-state index in [-0.39, 0.29) is 41.7 Å². The van der Waals surface area contributed by atoms with Gasteiger partial charge in [-0.25, -0.2) is 9.37 Å². The highest BCUT2D eigenvalue weighted by Crippen LogP contribution is 2.37. The first-order valence-electron chi connectivity index (χ1n) is 10.0. The van der Waals surface area contributed by atoms with Gasteiger partial charge in [-0.2, -0.15) is 0 Å². The van der Waals surface area contributed by atoms with E-state index in [4.69, 9.17) is 9.47 Å². The number of likely N-dealkylation sites (tertiary alicyclic amines) is 1. The summed E-state index contributed by atoms with van der Waals surface area (Å²) in [5, 5.41) is 2.79. The van der Waals surface area contributed by atoms with Crippen LogP contribution in [-0.4, -0.2) is 59.7 Å². The summed E-state index contributed by atoms with van der Waals surface area (Å²) in [5.74, 6) is 0.417. The summed E-state index contributed by atoms with van der Waals surface area (Å²) in [6.07, 6.45) is 0.472. The molecule has 0 unspecified atom stereocenters. The molecule has 3 aromatic rings.